The molecule has 0 aliphatic carbocycles. The van der Waals surface area contributed by atoms with E-state index in [0.29, 0.717) is 5.92 Å². The smallest absolute Gasteiger partial charge is 0.310 e. The van der Waals surface area contributed by atoms with Crippen LogP contribution in [0.3, 0.4) is 0 Å². The van der Waals surface area contributed by atoms with Crippen molar-refractivity contribution in [2.45, 2.75) is 25.4 Å². The first kappa shape index (κ1) is 16.3. The first-order valence-corrected chi connectivity index (χ1v) is 8.95. The van der Waals surface area contributed by atoms with Gasteiger partial charge in [0.25, 0.3) is 0 Å². The van der Waals surface area contributed by atoms with Crippen LogP contribution in [0.1, 0.15) is 18.4 Å². The molecule has 3 nitrogen and oxygen atoms in total. The molecule has 5 rings (SSSR count). The van der Waals surface area contributed by atoms with Crippen LogP contribution in [0.4, 0.5) is 4.39 Å². The van der Waals surface area contributed by atoms with Crippen LogP contribution in [0, 0.1) is 11.7 Å². The zero-order chi connectivity index (χ0) is 17.2. The molecule has 0 amide bonds. The topological polar surface area (TPSA) is 29.5 Å². The van der Waals surface area contributed by atoms with E-state index in [1.165, 1.54) is 12.1 Å². The number of hydrogen-bond donors (Lipinski definition) is 0. The van der Waals surface area contributed by atoms with E-state index in [2.05, 4.69) is 4.90 Å². The minimum atomic E-state index is -0.298. The highest BCUT2D eigenvalue weighted by atomic mass is 19.1. The molecule has 3 heterocycles. The van der Waals surface area contributed by atoms with E-state index in [1.807, 2.05) is 30.3 Å². The maximum atomic E-state index is 13.7. The molecule has 0 saturated carbocycles. The average molecular weight is 339 g/mol. The van der Waals surface area contributed by atoms with Crippen molar-refractivity contribution in [1.82, 2.24) is 4.90 Å². The summed E-state index contributed by atoms with van der Waals surface area (Å²) in [5, 5.41) is 0. The SMILES string of the molecule is O=C(Cc1ccc(F)cc1-c1ccccc1)OC1CN2CCC1CC2. The molecule has 130 valence electrons. The zero-order valence-corrected chi connectivity index (χ0v) is 14.2. The Morgan fingerprint density at radius 2 is 1.88 bits per heavy atom. The fourth-order valence-corrected chi connectivity index (χ4v) is 4.00. The molecule has 2 aromatic rings. The number of nitrogens with zero attached hydrogens (tertiary/aromatic N) is 1. The maximum Gasteiger partial charge on any atom is 0.310 e. The first-order chi connectivity index (χ1) is 12.2. The molecule has 0 aromatic heterocycles. The van der Waals surface area contributed by atoms with Gasteiger partial charge in [-0.2, -0.15) is 0 Å². The van der Waals surface area contributed by atoms with Gasteiger partial charge < -0.3 is 4.74 Å². The summed E-state index contributed by atoms with van der Waals surface area (Å²) in [6.07, 6.45) is 2.41. The Hall–Kier alpha value is -2.20. The summed E-state index contributed by atoms with van der Waals surface area (Å²) in [7, 11) is 0. The number of rotatable bonds is 4. The van der Waals surface area contributed by atoms with E-state index in [4.69, 9.17) is 4.74 Å². The normalized spacial score (nSPS) is 24.9. The second-order valence-corrected chi connectivity index (χ2v) is 7.01. The van der Waals surface area contributed by atoms with Crippen LogP contribution < -0.4 is 0 Å². The molecule has 2 aromatic carbocycles. The largest absolute Gasteiger partial charge is 0.460 e. The molecule has 0 radical (unpaired) electrons. The molecule has 3 fully saturated rings. The Balaban J connectivity index is 1.50. The highest BCUT2D eigenvalue weighted by molar-refractivity contribution is 5.78. The summed E-state index contributed by atoms with van der Waals surface area (Å²) in [6, 6.07) is 14.2. The van der Waals surface area contributed by atoms with Gasteiger partial charge in [-0.15, -0.1) is 0 Å². The van der Waals surface area contributed by atoms with Crippen molar-refractivity contribution < 1.29 is 13.9 Å². The van der Waals surface area contributed by atoms with Crippen LogP contribution in [-0.4, -0.2) is 36.6 Å². The van der Waals surface area contributed by atoms with Crippen LogP contribution in [0.15, 0.2) is 48.5 Å². The number of benzene rings is 2. The molecule has 25 heavy (non-hydrogen) atoms. The summed E-state index contributed by atoms with van der Waals surface area (Å²) < 4.78 is 19.5. The molecular weight excluding hydrogens is 317 g/mol. The van der Waals surface area contributed by atoms with Gasteiger partial charge in [-0.3, -0.25) is 9.69 Å². The molecule has 1 atom stereocenters. The lowest BCUT2D eigenvalue weighted by Crippen LogP contribution is -2.52. The molecular formula is C21H22FNO2. The first-order valence-electron chi connectivity index (χ1n) is 8.95. The highest BCUT2D eigenvalue weighted by Gasteiger charge is 2.36. The number of halogens is 1. The lowest BCUT2D eigenvalue weighted by atomic mass is 9.86. The lowest BCUT2D eigenvalue weighted by Gasteiger charge is -2.43. The number of carbonyl (C=O) groups is 1. The monoisotopic (exact) mass is 339 g/mol. The highest BCUT2D eigenvalue weighted by Crippen LogP contribution is 2.30. The fraction of sp³-hybridized carbons (Fsp3) is 0.381. The third kappa shape index (κ3) is 3.59. The van der Waals surface area contributed by atoms with Gasteiger partial charge in [0.1, 0.15) is 11.9 Å². The fourth-order valence-electron chi connectivity index (χ4n) is 4.00. The number of hydrogen-bond acceptors (Lipinski definition) is 3. The van der Waals surface area contributed by atoms with Gasteiger partial charge in [0.2, 0.25) is 0 Å². The van der Waals surface area contributed by atoms with Gasteiger partial charge in [0.05, 0.1) is 6.42 Å². The number of esters is 1. The van der Waals surface area contributed by atoms with E-state index >= 15 is 0 Å². The van der Waals surface area contributed by atoms with Gasteiger partial charge in [0.15, 0.2) is 0 Å². The second-order valence-electron chi connectivity index (χ2n) is 7.01. The van der Waals surface area contributed by atoms with Gasteiger partial charge in [-0.05, 0) is 60.7 Å². The summed E-state index contributed by atoms with van der Waals surface area (Å²) in [5.74, 6) is -0.0216. The van der Waals surface area contributed by atoms with Gasteiger partial charge in [-0.1, -0.05) is 36.4 Å². The molecule has 3 aliphatic rings. The van der Waals surface area contributed by atoms with E-state index in [9.17, 15) is 9.18 Å². The van der Waals surface area contributed by atoms with Crippen molar-refractivity contribution in [3.8, 4) is 11.1 Å². The van der Waals surface area contributed by atoms with Crippen molar-refractivity contribution in [1.29, 1.82) is 0 Å². The number of fused-ring (bicyclic) bond motifs is 3. The van der Waals surface area contributed by atoms with Crippen LogP contribution in [0.2, 0.25) is 0 Å². The molecule has 3 aliphatic heterocycles. The van der Waals surface area contributed by atoms with Crippen molar-refractivity contribution >= 4 is 5.97 Å². The molecule has 4 heteroatoms. The average Bonchev–Trinajstić information content (AvgIpc) is 2.65. The Morgan fingerprint density at radius 3 is 2.56 bits per heavy atom. The quantitative estimate of drug-likeness (QED) is 0.796. The van der Waals surface area contributed by atoms with Crippen molar-refractivity contribution in [2.75, 3.05) is 19.6 Å². The van der Waals surface area contributed by atoms with Crippen molar-refractivity contribution in [3.63, 3.8) is 0 Å². The van der Waals surface area contributed by atoms with Crippen LogP contribution >= 0.6 is 0 Å². The predicted molar refractivity (Wildman–Crippen MR) is 94.6 cm³/mol. The Morgan fingerprint density at radius 1 is 1.12 bits per heavy atom. The molecule has 1 unspecified atom stereocenters. The standard InChI is InChI=1S/C21H22FNO2/c22-18-7-6-17(19(13-18)15-4-2-1-3-5-15)12-21(24)25-20-14-23-10-8-16(20)9-11-23/h1-7,13,16,20H,8-12,14H2. The Kier molecular flexibility index (Phi) is 4.53. The molecule has 0 N–H and O–H groups in total. The number of piperidine rings is 3. The minimum absolute atomic E-state index is 0.00984. The molecule has 2 bridgehead atoms. The summed E-state index contributed by atoms with van der Waals surface area (Å²) in [5.41, 5.74) is 2.47. The zero-order valence-electron chi connectivity index (χ0n) is 14.2. The molecule has 0 spiro atoms. The number of carbonyl (C=O) groups excluding carboxylic acids is 1. The maximum absolute atomic E-state index is 13.7. The van der Waals surface area contributed by atoms with Crippen molar-refractivity contribution in [2.24, 2.45) is 5.92 Å². The van der Waals surface area contributed by atoms with Gasteiger partial charge in [0, 0.05) is 6.54 Å². The van der Waals surface area contributed by atoms with E-state index < -0.39 is 0 Å². The summed E-state index contributed by atoms with van der Waals surface area (Å²) >= 11 is 0. The number of ether oxygens (including phenoxy) is 1. The van der Waals surface area contributed by atoms with E-state index in [1.54, 1.807) is 6.07 Å². The van der Waals surface area contributed by atoms with Gasteiger partial charge >= 0.3 is 5.97 Å². The van der Waals surface area contributed by atoms with Gasteiger partial charge in [-0.25, -0.2) is 4.39 Å². The minimum Gasteiger partial charge on any atom is -0.460 e. The predicted octanol–water partition coefficient (Wildman–Crippen LogP) is 3.67. The second kappa shape index (κ2) is 6.96. The summed E-state index contributed by atoms with van der Waals surface area (Å²) in [4.78, 5) is 14.9. The van der Waals surface area contributed by atoms with Crippen LogP contribution in [0.5, 0.6) is 0 Å². The van der Waals surface area contributed by atoms with E-state index in [-0.39, 0.29) is 24.3 Å². The summed E-state index contributed by atoms with van der Waals surface area (Å²) in [6.45, 7) is 3.09. The third-order valence-corrected chi connectivity index (χ3v) is 5.37. The van der Waals surface area contributed by atoms with Crippen molar-refractivity contribution in [3.05, 3.63) is 59.9 Å². The van der Waals surface area contributed by atoms with Crippen LogP contribution in [-0.2, 0) is 16.0 Å². The Labute approximate surface area is 147 Å². The van der Waals surface area contributed by atoms with Crippen LogP contribution in [0.25, 0.3) is 11.1 Å². The Bertz CT molecular complexity index is 754. The lowest BCUT2D eigenvalue weighted by molar-refractivity contribution is -0.157. The van der Waals surface area contributed by atoms with E-state index in [0.717, 1.165) is 49.2 Å². The molecule has 3 saturated heterocycles. The third-order valence-electron chi connectivity index (χ3n) is 5.37.